The van der Waals surface area contributed by atoms with Gasteiger partial charge in [0.1, 0.15) is 0 Å². The van der Waals surface area contributed by atoms with E-state index in [9.17, 15) is 0 Å². The summed E-state index contributed by atoms with van der Waals surface area (Å²) >= 11 is 10.5. The van der Waals surface area contributed by atoms with Gasteiger partial charge in [-0.1, -0.05) is 18.2 Å². The minimum Gasteiger partial charge on any atom is -0.300 e. The van der Waals surface area contributed by atoms with Crippen molar-refractivity contribution < 1.29 is 0 Å². The first-order valence-corrected chi connectivity index (χ1v) is 7.88. The maximum atomic E-state index is 5.25. The van der Waals surface area contributed by atoms with E-state index >= 15 is 0 Å². The third-order valence-corrected chi connectivity index (χ3v) is 4.15. The van der Waals surface area contributed by atoms with Crippen molar-refractivity contribution in [2.24, 2.45) is 0 Å². The van der Waals surface area contributed by atoms with Crippen molar-refractivity contribution in [2.75, 3.05) is 0 Å². The van der Waals surface area contributed by atoms with Gasteiger partial charge < -0.3 is 9.13 Å². The largest absolute Gasteiger partial charge is 0.300 e. The van der Waals surface area contributed by atoms with Crippen molar-refractivity contribution in [3.8, 4) is 22.8 Å². The molecular formula is C14H16N6S2. The van der Waals surface area contributed by atoms with Gasteiger partial charge in [-0.05, 0) is 44.3 Å². The Balaban J connectivity index is 2.14. The van der Waals surface area contributed by atoms with Gasteiger partial charge in [0, 0.05) is 24.2 Å². The maximum absolute atomic E-state index is 5.25. The molecule has 0 aliphatic carbocycles. The number of aromatic nitrogens is 6. The Morgan fingerprint density at radius 3 is 1.77 bits per heavy atom. The topological polar surface area (TPSA) is 67.2 Å². The summed E-state index contributed by atoms with van der Waals surface area (Å²) in [5.41, 5.74) is 1.98. The quantitative estimate of drug-likeness (QED) is 0.717. The lowest BCUT2D eigenvalue weighted by molar-refractivity contribution is 0.754. The van der Waals surface area contributed by atoms with Crippen molar-refractivity contribution in [1.29, 1.82) is 0 Å². The van der Waals surface area contributed by atoms with Crippen molar-refractivity contribution in [3.63, 3.8) is 0 Å². The summed E-state index contributed by atoms with van der Waals surface area (Å²) < 4.78 is 5.18. The average molecular weight is 332 g/mol. The smallest absolute Gasteiger partial charge is 0.195 e. The third-order valence-electron chi connectivity index (χ3n) is 3.53. The van der Waals surface area contributed by atoms with Gasteiger partial charge >= 0.3 is 0 Å². The summed E-state index contributed by atoms with van der Waals surface area (Å²) in [6.07, 6.45) is 0. The summed E-state index contributed by atoms with van der Waals surface area (Å²) in [4.78, 5) is 0. The Labute approximate surface area is 137 Å². The van der Waals surface area contributed by atoms with Gasteiger partial charge in [0.25, 0.3) is 0 Å². The molecule has 2 aromatic heterocycles. The fourth-order valence-electron chi connectivity index (χ4n) is 2.46. The summed E-state index contributed by atoms with van der Waals surface area (Å²) in [6, 6.07) is 8.06. The highest BCUT2D eigenvalue weighted by atomic mass is 32.1. The summed E-state index contributed by atoms with van der Waals surface area (Å²) in [5, 5.41) is 14.3. The van der Waals surface area contributed by atoms with Gasteiger partial charge in [0.05, 0.1) is 0 Å². The van der Waals surface area contributed by atoms with Crippen LogP contribution >= 0.6 is 24.4 Å². The highest BCUT2D eigenvalue weighted by Crippen LogP contribution is 2.24. The van der Waals surface area contributed by atoms with Crippen LogP contribution in [-0.4, -0.2) is 29.5 Å². The van der Waals surface area contributed by atoms with Crippen molar-refractivity contribution >= 4 is 24.4 Å². The highest BCUT2D eigenvalue weighted by Gasteiger charge is 2.11. The Morgan fingerprint density at radius 2 is 1.36 bits per heavy atom. The molecule has 1 aromatic carbocycles. The van der Waals surface area contributed by atoms with Crippen LogP contribution in [0.15, 0.2) is 24.3 Å². The van der Waals surface area contributed by atoms with E-state index in [1.54, 1.807) is 0 Å². The molecule has 0 radical (unpaired) electrons. The number of nitrogens with one attached hydrogen (secondary N) is 2. The lowest BCUT2D eigenvalue weighted by atomic mass is 10.1. The molecule has 0 bridgehead atoms. The number of H-pyrrole nitrogens is 2. The lowest BCUT2D eigenvalue weighted by Gasteiger charge is -2.07. The van der Waals surface area contributed by atoms with E-state index < -0.39 is 0 Å². The van der Waals surface area contributed by atoms with Gasteiger partial charge in [-0.15, -0.1) is 0 Å². The minimum atomic E-state index is 0.624. The first-order valence-electron chi connectivity index (χ1n) is 7.07. The van der Waals surface area contributed by atoms with E-state index in [4.69, 9.17) is 24.4 Å². The van der Waals surface area contributed by atoms with Gasteiger partial charge in [0.2, 0.25) is 0 Å². The zero-order chi connectivity index (χ0) is 15.7. The van der Waals surface area contributed by atoms with Crippen LogP contribution in [0.1, 0.15) is 13.8 Å². The molecular weight excluding hydrogens is 316 g/mol. The molecule has 22 heavy (non-hydrogen) atoms. The van der Waals surface area contributed by atoms with Crippen LogP contribution in [0.2, 0.25) is 0 Å². The maximum Gasteiger partial charge on any atom is 0.195 e. The molecule has 2 N–H and O–H groups in total. The molecule has 0 amide bonds. The van der Waals surface area contributed by atoms with Gasteiger partial charge in [0.15, 0.2) is 21.2 Å². The molecule has 3 rings (SSSR count). The molecule has 0 aliphatic rings. The standard InChI is InChI=1S/C14H16N6S2/c1-3-19-11(15-17-13(19)21)9-6-5-7-10(8-9)12-16-18-14(22)20(12)4-2/h5-8H,3-4H2,1-2H3,(H,17,21)(H,18,22). The van der Waals surface area contributed by atoms with Crippen LogP contribution in [0.25, 0.3) is 22.8 Å². The van der Waals surface area contributed by atoms with Crippen LogP contribution in [0.5, 0.6) is 0 Å². The summed E-state index contributed by atoms with van der Waals surface area (Å²) in [6.45, 7) is 5.62. The van der Waals surface area contributed by atoms with Crippen molar-refractivity contribution in [2.45, 2.75) is 26.9 Å². The second kappa shape index (κ2) is 5.98. The van der Waals surface area contributed by atoms with Gasteiger partial charge in [-0.25, -0.2) is 0 Å². The molecule has 0 saturated carbocycles. The van der Waals surface area contributed by atoms with E-state index in [1.165, 1.54) is 0 Å². The number of aromatic amines is 2. The first kappa shape index (κ1) is 14.9. The molecule has 3 aromatic rings. The third kappa shape index (κ3) is 2.44. The summed E-state index contributed by atoms with van der Waals surface area (Å²) in [7, 11) is 0. The monoisotopic (exact) mass is 332 g/mol. The van der Waals surface area contributed by atoms with Gasteiger partial charge in [-0.3, -0.25) is 10.2 Å². The molecule has 8 heteroatoms. The number of nitrogens with zero attached hydrogens (tertiary/aromatic N) is 4. The molecule has 0 aliphatic heterocycles. The van der Waals surface area contributed by atoms with Crippen LogP contribution in [-0.2, 0) is 13.1 Å². The number of benzene rings is 1. The van der Waals surface area contributed by atoms with Crippen molar-refractivity contribution in [1.82, 2.24) is 29.5 Å². The zero-order valence-corrected chi connectivity index (χ0v) is 14.0. The Hall–Kier alpha value is -2.06. The van der Waals surface area contributed by atoms with Crippen LogP contribution in [0, 0.1) is 9.54 Å². The molecule has 0 spiro atoms. The normalized spacial score (nSPS) is 11.0. The van der Waals surface area contributed by atoms with E-state index in [2.05, 4.69) is 20.4 Å². The molecule has 114 valence electrons. The molecule has 0 atom stereocenters. The van der Waals surface area contributed by atoms with E-state index in [-0.39, 0.29) is 0 Å². The van der Waals surface area contributed by atoms with Crippen LogP contribution < -0.4 is 0 Å². The minimum absolute atomic E-state index is 0.624. The Bertz CT molecular complexity index is 842. The first-order chi connectivity index (χ1) is 10.7. The Morgan fingerprint density at radius 1 is 0.909 bits per heavy atom. The molecule has 0 unspecified atom stereocenters. The van der Waals surface area contributed by atoms with E-state index in [0.29, 0.717) is 9.54 Å². The predicted octanol–water partition coefficient (Wildman–Crippen LogP) is 3.57. The molecule has 2 heterocycles. The average Bonchev–Trinajstić information content (AvgIpc) is 3.09. The fraction of sp³-hybridized carbons (Fsp3) is 0.286. The fourth-order valence-corrected chi connectivity index (χ4v) is 2.98. The summed E-state index contributed by atoms with van der Waals surface area (Å²) in [5.74, 6) is 1.65. The predicted molar refractivity (Wildman–Crippen MR) is 90.6 cm³/mol. The molecule has 6 nitrogen and oxygen atoms in total. The van der Waals surface area contributed by atoms with Gasteiger partial charge in [-0.2, -0.15) is 10.2 Å². The SMILES string of the molecule is CCn1c(-c2cccc(-c3n[nH]c(=S)n3CC)c2)n[nH]c1=S. The number of hydrogen-bond acceptors (Lipinski definition) is 4. The molecule has 0 fully saturated rings. The number of rotatable bonds is 4. The van der Waals surface area contributed by atoms with Crippen LogP contribution in [0.4, 0.5) is 0 Å². The Kier molecular flexibility index (Phi) is 4.04. The second-order valence-corrected chi connectivity index (χ2v) is 5.55. The van der Waals surface area contributed by atoms with Crippen molar-refractivity contribution in [3.05, 3.63) is 33.8 Å². The second-order valence-electron chi connectivity index (χ2n) is 4.77. The highest BCUT2D eigenvalue weighted by molar-refractivity contribution is 7.71. The molecule has 0 saturated heterocycles. The lowest BCUT2D eigenvalue weighted by Crippen LogP contribution is -1.99. The van der Waals surface area contributed by atoms with E-state index in [0.717, 1.165) is 35.9 Å². The number of hydrogen-bond donors (Lipinski definition) is 2. The zero-order valence-electron chi connectivity index (χ0n) is 12.3. The van der Waals surface area contributed by atoms with E-state index in [1.807, 2.05) is 47.2 Å². The van der Waals surface area contributed by atoms with Crippen LogP contribution in [0.3, 0.4) is 0 Å².